The molecule has 0 radical (unpaired) electrons. The van der Waals surface area contributed by atoms with Crippen LogP contribution in [0.3, 0.4) is 0 Å². The monoisotopic (exact) mass is 280 g/mol. The predicted octanol–water partition coefficient (Wildman–Crippen LogP) is 1.05. The highest BCUT2D eigenvalue weighted by Gasteiger charge is 2.26. The first-order chi connectivity index (χ1) is 8.99. The van der Waals surface area contributed by atoms with Crippen molar-refractivity contribution in [3.05, 3.63) is 17.0 Å². The molecule has 1 aliphatic rings. The highest BCUT2D eigenvalue weighted by atomic mass is 32.2. The predicted molar refractivity (Wildman–Crippen MR) is 72.1 cm³/mol. The molecule has 1 aromatic rings. The van der Waals surface area contributed by atoms with Crippen molar-refractivity contribution in [3.8, 4) is 0 Å². The maximum atomic E-state index is 11.9. The van der Waals surface area contributed by atoms with Crippen molar-refractivity contribution in [2.75, 3.05) is 18.8 Å². The van der Waals surface area contributed by atoms with Gasteiger partial charge in [0, 0.05) is 24.5 Å². The molecule has 7 heteroatoms. The zero-order chi connectivity index (χ0) is 14.0. The van der Waals surface area contributed by atoms with Crippen LogP contribution in [0.5, 0.6) is 0 Å². The van der Waals surface area contributed by atoms with Gasteiger partial charge in [-0.1, -0.05) is 11.8 Å². The van der Waals surface area contributed by atoms with Crippen LogP contribution in [0.25, 0.3) is 0 Å². The lowest BCUT2D eigenvalue weighted by molar-refractivity contribution is -0.124. The Labute approximate surface area is 116 Å². The Balaban J connectivity index is 1.99. The highest BCUT2D eigenvalue weighted by Crippen LogP contribution is 2.17. The van der Waals surface area contributed by atoms with Crippen LogP contribution in [0.2, 0.25) is 0 Å². The van der Waals surface area contributed by atoms with Crippen LogP contribution in [-0.2, 0) is 4.79 Å². The molecule has 0 aliphatic carbocycles. The molecule has 0 atom stereocenters. The molecule has 1 fully saturated rings. The summed E-state index contributed by atoms with van der Waals surface area (Å²) in [6, 6.07) is -0.317. The van der Waals surface area contributed by atoms with Crippen LogP contribution in [0.15, 0.2) is 5.16 Å². The number of nitrogens with zero attached hydrogens (tertiary/aromatic N) is 3. The average molecular weight is 280 g/mol. The van der Waals surface area contributed by atoms with Crippen LogP contribution in [0.1, 0.15) is 17.0 Å². The van der Waals surface area contributed by atoms with E-state index in [0.717, 1.165) is 17.0 Å². The van der Waals surface area contributed by atoms with Crippen molar-refractivity contribution in [2.24, 2.45) is 0 Å². The number of urea groups is 1. The Hall–Kier alpha value is -1.63. The second-order valence-electron chi connectivity index (χ2n) is 4.37. The van der Waals surface area contributed by atoms with E-state index in [9.17, 15) is 9.59 Å². The third-order valence-corrected chi connectivity index (χ3v) is 3.93. The molecule has 1 aromatic heterocycles. The quantitative estimate of drug-likeness (QED) is 0.661. The summed E-state index contributed by atoms with van der Waals surface area (Å²) in [7, 11) is 0. The summed E-state index contributed by atoms with van der Waals surface area (Å²) >= 11 is 1.26. The van der Waals surface area contributed by atoms with Gasteiger partial charge in [-0.15, -0.1) is 0 Å². The number of hydrogen-bond donors (Lipinski definition) is 1. The Morgan fingerprint density at radius 2 is 1.95 bits per heavy atom. The van der Waals surface area contributed by atoms with Gasteiger partial charge in [-0.2, -0.15) is 0 Å². The Kier molecular flexibility index (Phi) is 4.04. The van der Waals surface area contributed by atoms with Crippen molar-refractivity contribution in [1.29, 1.82) is 0 Å². The van der Waals surface area contributed by atoms with Crippen molar-refractivity contribution >= 4 is 23.7 Å². The number of carbonyl (C=O) groups is 2. The van der Waals surface area contributed by atoms with Crippen molar-refractivity contribution in [2.45, 2.75) is 25.9 Å². The summed E-state index contributed by atoms with van der Waals surface area (Å²) in [6.07, 6.45) is 0. The number of carbonyl (C=O) groups excluding carboxylic acids is 2. The van der Waals surface area contributed by atoms with Crippen molar-refractivity contribution in [3.63, 3.8) is 0 Å². The number of rotatable bonds is 3. The number of imide groups is 1. The first-order valence-electron chi connectivity index (χ1n) is 6.02. The molecule has 19 heavy (non-hydrogen) atoms. The van der Waals surface area contributed by atoms with Gasteiger partial charge in [-0.3, -0.25) is 9.69 Å². The van der Waals surface area contributed by atoms with Gasteiger partial charge in [-0.25, -0.2) is 14.8 Å². The Morgan fingerprint density at radius 3 is 2.47 bits per heavy atom. The van der Waals surface area contributed by atoms with E-state index < -0.39 is 0 Å². The summed E-state index contributed by atoms with van der Waals surface area (Å²) in [5, 5.41) is 3.18. The number of hydrogen-bond acceptors (Lipinski definition) is 5. The second-order valence-corrected chi connectivity index (χ2v) is 5.31. The van der Waals surface area contributed by atoms with Gasteiger partial charge in [0.05, 0.1) is 5.75 Å². The minimum atomic E-state index is -0.317. The van der Waals surface area contributed by atoms with E-state index in [-0.39, 0.29) is 17.7 Å². The molecular formula is C12H16N4O2S. The molecular weight excluding hydrogens is 264 g/mol. The maximum absolute atomic E-state index is 11.9. The smallest absolute Gasteiger partial charge is 0.324 e. The van der Waals surface area contributed by atoms with Crippen LogP contribution in [0, 0.1) is 20.8 Å². The summed E-state index contributed by atoms with van der Waals surface area (Å²) in [5.74, 6) is -0.0329. The van der Waals surface area contributed by atoms with Crippen molar-refractivity contribution < 1.29 is 9.59 Å². The average Bonchev–Trinajstić information content (AvgIpc) is 2.79. The summed E-state index contributed by atoms with van der Waals surface area (Å²) < 4.78 is 0. The first kappa shape index (κ1) is 13.8. The molecule has 2 rings (SSSR count). The van der Waals surface area contributed by atoms with E-state index in [4.69, 9.17) is 0 Å². The summed E-state index contributed by atoms with van der Waals surface area (Å²) in [4.78, 5) is 33.1. The highest BCUT2D eigenvalue weighted by molar-refractivity contribution is 7.99. The SMILES string of the molecule is Cc1nc(SCC(=O)N2CCNC2=O)nc(C)c1C. The molecule has 102 valence electrons. The zero-order valence-corrected chi connectivity index (χ0v) is 12.0. The minimum absolute atomic E-state index is 0.176. The normalized spacial score (nSPS) is 14.7. The molecule has 1 aliphatic heterocycles. The Morgan fingerprint density at radius 1 is 1.32 bits per heavy atom. The number of nitrogens with one attached hydrogen (secondary N) is 1. The fourth-order valence-corrected chi connectivity index (χ4v) is 2.53. The largest absolute Gasteiger partial charge is 0.336 e. The van der Waals surface area contributed by atoms with Crippen LogP contribution >= 0.6 is 11.8 Å². The fourth-order valence-electron chi connectivity index (χ4n) is 1.72. The van der Waals surface area contributed by atoms with Gasteiger partial charge in [0.25, 0.3) is 0 Å². The minimum Gasteiger partial charge on any atom is -0.336 e. The van der Waals surface area contributed by atoms with E-state index in [1.807, 2.05) is 20.8 Å². The number of amides is 3. The molecule has 0 unspecified atom stereocenters. The van der Waals surface area contributed by atoms with Crippen LogP contribution in [-0.4, -0.2) is 45.6 Å². The first-order valence-corrected chi connectivity index (χ1v) is 7.00. The fraction of sp³-hybridized carbons (Fsp3) is 0.500. The van der Waals surface area contributed by atoms with Crippen LogP contribution < -0.4 is 5.32 Å². The molecule has 6 nitrogen and oxygen atoms in total. The Bertz CT molecular complexity index is 509. The molecule has 3 amide bonds. The van der Waals surface area contributed by atoms with E-state index in [1.54, 1.807) is 0 Å². The van der Waals surface area contributed by atoms with Crippen LogP contribution in [0.4, 0.5) is 4.79 Å². The molecule has 0 aromatic carbocycles. The van der Waals surface area contributed by atoms with Gasteiger partial charge < -0.3 is 5.32 Å². The van der Waals surface area contributed by atoms with Gasteiger partial charge in [0.1, 0.15) is 0 Å². The lowest BCUT2D eigenvalue weighted by Gasteiger charge is -2.11. The lowest BCUT2D eigenvalue weighted by atomic mass is 10.2. The second kappa shape index (κ2) is 5.56. The third kappa shape index (κ3) is 3.04. The molecule has 0 spiro atoms. The number of aryl methyl sites for hydroxylation is 2. The van der Waals surface area contributed by atoms with E-state index in [2.05, 4.69) is 15.3 Å². The number of aromatic nitrogens is 2. The van der Waals surface area contributed by atoms with E-state index in [1.165, 1.54) is 16.7 Å². The molecule has 1 saturated heterocycles. The number of thioether (sulfide) groups is 1. The lowest BCUT2D eigenvalue weighted by Crippen LogP contribution is -2.35. The van der Waals surface area contributed by atoms with Gasteiger partial charge in [0.2, 0.25) is 5.91 Å². The zero-order valence-electron chi connectivity index (χ0n) is 11.2. The molecule has 2 heterocycles. The van der Waals surface area contributed by atoms with Gasteiger partial charge in [0.15, 0.2) is 5.16 Å². The molecule has 0 saturated carbocycles. The van der Waals surface area contributed by atoms with E-state index >= 15 is 0 Å². The topological polar surface area (TPSA) is 75.2 Å². The van der Waals surface area contributed by atoms with Crippen molar-refractivity contribution in [1.82, 2.24) is 20.2 Å². The third-order valence-electron chi connectivity index (χ3n) is 3.09. The summed E-state index contributed by atoms with van der Waals surface area (Å²) in [5.41, 5.74) is 2.90. The maximum Gasteiger partial charge on any atom is 0.324 e. The van der Waals surface area contributed by atoms with Gasteiger partial charge in [-0.05, 0) is 26.3 Å². The summed E-state index contributed by atoms with van der Waals surface area (Å²) in [6.45, 7) is 6.77. The van der Waals surface area contributed by atoms with Gasteiger partial charge >= 0.3 is 6.03 Å². The van der Waals surface area contributed by atoms with E-state index in [0.29, 0.717) is 18.2 Å². The molecule has 0 bridgehead atoms. The molecule has 1 N–H and O–H groups in total. The standard InChI is InChI=1S/C12H16N4O2S/c1-7-8(2)14-11(15-9(7)3)19-6-10(17)16-5-4-13-12(16)18/h4-6H2,1-3H3,(H,13,18).